The Bertz CT molecular complexity index is 789. The number of hydrogen-bond donors (Lipinski definition) is 1. The molecule has 0 aromatic heterocycles. The van der Waals surface area contributed by atoms with Crippen molar-refractivity contribution < 1.29 is 26.0 Å². The summed E-state index contributed by atoms with van der Waals surface area (Å²) in [5, 5.41) is 0. The van der Waals surface area contributed by atoms with Crippen LogP contribution in [0.4, 0.5) is 23.2 Å². The van der Waals surface area contributed by atoms with E-state index in [1.807, 2.05) is 0 Å². The molecule has 0 saturated heterocycles. The number of halogens is 5. The number of benzene rings is 2. The Hall–Kier alpha value is -1.61. The van der Waals surface area contributed by atoms with Gasteiger partial charge in [-0.1, -0.05) is 0 Å². The van der Waals surface area contributed by atoms with Crippen molar-refractivity contribution in [2.24, 2.45) is 0 Å². The number of hydrogen-bond acceptors (Lipinski definition) is 2. The van der Waals surface area contributed by atoms with Crippen LogP contribution in [0.3, 0.4) is 0 Å². The zero-order valence-electron chi connectivity index (χ0n) is 10.7. The first kappa shape index (κ1) is 16.8. The lowest BCUT2D eigenvalue weighted by Gasteiger charge is -2.11. The van der Waals surface area contributed by atoms with Crippen molar-refractivity contribution >= 4 is 31.6 Å². The van der Waals surface area contributed by atoms with Crippen molar-refractivity contribution in [2.75, 3.05) is 4.72 Å². The normalized spacial score (nSPS) is 12.2. The van der Waals surface area contributed by atoms with Crippen LogP contribution in [0, 0.1) is 5.82 Å². The van der Waals surface area contributed by atoms with Gasteiger partial charge in [-0.25, -0.2) is 12.8 Å². The molecule has 0 radical (unpaired) electrons. The lowest BCUT2D eigenvalue weighted by atomic mass is 10.2. The van der Waals surface area contributed by atoms with Gasteiger partial charge in [-0.15, -0.1) is 0 Å². The standard InChI is InChI=1S/C13H8BrF4NO2S/c14-11-7-9(15)3-6-12(11)19-22(20,21)10-4-1-8(2-5-10)13(16,17)18/h1-7,19H. The molecule has 3 nitrogen and oxygen atoms in total. The van der Waals surface area contributed by atoms with E-state index in [0.29, 0.717) is 12.1 Å². The van der Waals surface area contributed by atoms with Crippen LogP contribution in [0.15, 0.2) is 51.8 Å². The first-order chi connectivity index (χ1) is 10.1. The highest BCUT2D eigenvalue weighted by Crippen LogP contribution is 2.30. The predicted molar refractivity (Wildman–Crippen MR) is 76.4 cm³/mol. The van der Waals surface area contributed by atoms with Gasteiger partial charge in [-0.2, -0.15) is 13.2 Å². The minimum absolute atomic E-state index is 0.0706. The topological polar surface area (TPSA) is 46.2 Å². The van der Waals surface area contributed by atoms with E-state index in [0.717, 1.165) is 24.3 Å². The molecule has 1 N–H and O–H groups in total. The molecule has 0 saturated carbocycles. The summed E-state index contributed by atoms with van der Waals surface area (Å²) in [5.74, 6) is -0.565. The lowest BCUT2D eigenvalue weighted by molar-refractivity contribution is -0.137. The largest absolute Gasteiger partial charge is 0.416 e. The van der Waals surface area contributed by atoms with Gasteiger partial charge in [-0.3, -0.25) is 4.72 Å². The second-order valence-electron chi connectivity index (χ2n) is 4.25. The highest BCUT2D eigenvalue weighted by Gasteiger charge is 2.30. The molecule has 0 aliphatic rings. The summed E-state index contributed by atoms with van der Waals surface area (Å²) in [6.07, 6.45) is -4.55. The van der Waals surface area contributed by atoms with Crippen LogP contribution in [0.25, 0.3) is 0 Å². The number of sulfonamides is 1. The van der Waals surface area contributed by atoms with E-state index in [1.165, 1.54) is 6.07 Å². The molecule has 2 aromatic rings. The maximum absolute atomic E-state index is 12.9. The molecular weight excluding hydrogens is 390 g/mol. The van der Waals surface area contributed by atoms with E-state index >= 15 is 0 Å². The van der Waals surface area contributed by atoms with Crippen LogP contribution in [-0.2, 0) is 16.2 Å². The van der Waals surface area contributed by atoms with Crippen molar-refractivity contribution in [2.45, 2.75) is 11.1 Å². The van der Waals surface area contributed by atoms with E-state index < -0.39 is 27.6 Å². The molecule has 118 valence electrons. The van der Waals surface area contributed by atoms with E-state index in [1.54, 1.807) is 0 Å². The van der Waals surface area contributed by atoms with Crippen LogP contribution in [0.2, 0.25) is 0 Å². The van der Waals surface area contributed by atoms with Crippen molar-refractivity contribution in [1.29, 1.82) is 0 Å². The molecule has 0 spiro atoms. The predicted octanol–water partition coefficient (Wildman–Crippen LogP) is 4.41. The number of nitrogens with one attached hydrogen (secondary N) is 1. The van der Waals surface area contributed by atoms with Crippen molar-refractivity contribution in [3.63, 3.8) is 0 Å². The second-order valence-corrected chi connectivity index (χ2v) is 6.79. The third-order valence-corrected chi connectivity index (χ3v) is 4.70. The maximum Gasteiger partial charge on any atom is 0.416 e. The summed E-state index contributed by atoms with van der Waals surface area (Å²) in [6, 6.07) is 6.36. The fourth-order valence-corrected chi connectivity index (χ4v) is 3.26. The smallest absolute Gasteiger partial charge is 0.278 e. The van der Waals surface area contributed by atoms with Crippen LogP contribution in [0.5, 0.6) is 0 Å². The van der Waals surface area contributed by atoms with E-state index in [-0.39, 0.29) is 15.1 Å². The summed E-state index contributed by atoms with van der Waals surface area (Å²) in [6.45, 7) is 0. The average molecular weight is 398 g/mol. The Balaban J connectivity index is 2.31. The zero-order chi connectivity index (χ0) is 16.5. The van der Waals surface area contributed by atoms with Crippen molar-refractivity contribution in [3.8, 4) is 0 Å². The quantitative estimate of drug-likeness (QED) is 0.779. The summed E-state index contributed by atoms with van der Waals surface area (Å²) in [4.78, 5) is -0.336. The molecule has 9 heteroatoms. The van der Waals surface area contributed by atoms with Crippen molar-refractivity contribution in [1.82, 2.24) is 0 Å². The Morgan fingerprint density at radius 3 is 2.09 bits per heavy atom. The number of rotatable bonds is 3. The third kappa shape index (κ3) is 3.77. The van der Waals surface area contributed by atoms with Crippen molar-refractivity contribution in [3.05, 3.63) is 58.3 Å². The van der Waals surface area contributed by atoms with Gasteiger partial charge in [0.1, 0.15) is 5.82 Å². The maximum atomic E-state index is 12.9. The molecule has 0 aliphatic heterocycles. The fraction of sp³-hybridized carbons (Fsp3) is 0.0769. The minimum atomic E-state index is -4.55. The van der Waals surface area contributed by atoms with Gasteiger partial charge < -0.3 is 0 Å². The van der Waals surface area contributed by atoms with E-state index in [9.17, 15) is 26.0 Å². The molecule has 0 fully saturated rings. The monoisotopic (exact) mass is 397 g/mol. The van der Waals surface area contributed by atoms with Gasteiger partial charge in [-0.05, 0) is 58.4 Å². The van der Waals surface area contributed by atoms with Crippen LogP contribution in [-0.4, -0.2) is 8.42 Å². The summed E-state index contributed by atoms with van der Waals surface area (Å²) < 4.78 is 76.8. The molecule has 2 rings (SSSR count). The molecule has 2 aromatic carbocycles. The van der Waals surface area contributed by atoms with Gasteiger partial charge in [0.25, 0.3) is 10.0 Å². The Labute approximate surface area is 132 Å². The molecule has 0 heterocycles. The average Bonchev–Trinajstić information content (AvgIpc) is 2.41. The minimum Gasteiger partial charge on any atom is -0.278 e. The number of anilines is 1. The molecule has 22 heavy (non-hydrogen) atoms. The first-order valence-corrected chi connectivity index (χ1v) is 8.02. The Kier molecular flexibility index (Phi) is 4.48. The molecular formula is C13H8BrF4NO2S. The summed E-state index contributed by atoms with van der Waals surface area (Å²) in [5.41, 5.74) is -0.879. The van der Waals surface area contributed by atoms with Crippen LogP contribution in [0.1, 0.15) is 5.56 Å². The summed E-state index contributed by atoms with van der Waals surface area (Å²) in [7, 11) is -4.08. The molecule has 0 amide bonds. The van der Waals surface area contributed by atoms with Gasteiger partial charge >= 0.3 is 6.18 Å². The van der Waals surface area contributed by atoms with Gasteiger partial charge in [0.05, 0.1) is 16.1 Å². The molecule has 0 unspecified atom stereocenters. The van der Waals surface area contributed by atoms with Crippen LogP contribution < -0.4 is 4.72 Å². The lowest BCUT2D eigenvalue weighted by Crippen LogP contribution is -2.14. The first-order valence-electron chi connectivity index (χ1n) is 5.75. The van der Waals surface area contributed by atoms with Crippen LogP contribution >= 0.6 is 15.9 Å². The fourth-order valence-electron chi connectivity index (χ4n) is 1.60. The SMILES string of the molecule is O=S(=O)(Nc1ccc(F)cc1Br)c1ccc(C(F)(F)F)cc1. The number of alkyl halides is 3. The Morgan fingerprint density at radius 1 is 1.00 bits per heavy atom. The Morgan fingerprint density at radius 2 is 1.59 bits per heavy atom. The highest BCUT2D eigenvalue weighted by atomic mass is 79.9. The van der Waals surface area contributed by atoms with E-state index in [4.69, 9.17) is 0 Å². The third-order valence-electron chi connectivity index (χ3n) is 2.67. The van der Waals surface area contributed by atoms with E-state index in [2.05, 4.69) is 20.7 Å². The van der Waals surface area contributed by atoms with Gasteiger partial charge in [0.2, 0.25) is 0 Å². The highest BCUT2D eigenvalue weighted by molar-refractivity contribution is 9.10. The molecule has 0 bridgehead atoms. The van der Waals surface area contributed by atoms with Gasteiger partial charge in [0, 0.05) is 4.47 Å². The zero-order valence-corrected chi connectivity index (χ0v) is 13.1. The molecule has 0 atom stereocenters. The van der Waals surface area contributed by atoms with Gasteiger partial charge in [0.15, 0.2) is 0 Å². The summed E-state index contributed by atoms with van der Waals surface area (Å²) >= 11 is 2.99. The second kappa shape index (κ2) is 5.88. The molecule has 0 aliphatic carbocycles.